The first-order chi connectivity index (χ1) is 18.5. The van der Waals surface area contributed by atoms with E-state index in [2.05, 4.69) is 16.0 Å². The second-order valence-corrected chi connectivity index (χ2v) is 9.68. The van der Waals surface area contributed by atoms with Crippen LogP contribution < -0.4 is 27.4 Å². The van der Waals surface area contributed by atoms with E-state index in [4.69, 9.17) is 11.5 Å². The largest absolute Gasteiger partial charge is 0.480 e. The first-order valence-electron chi connectivity index (χ1n) is 12.7. The second-order valence-electron chi connectivity index (χ2n) is 9.68. The van der Waals surface area contributed by atoms with Crippen LogP contribution in [0.2, 0.25) is 0 Å². The third-order valence-corrected chi connectivity index (χ3v) is 6.10. The van der Waals surface area contributed by atoms with Gasteiger partial charge in [0.05, 0.1) is 6.04 Å². The summed E-state index contributed by atoms with van der Waals surface area (Å²) >= 11 is 0. The Morgan fingerprint density at radius 2 is 1.23 bits per heavy atom. The molecule has 0 fully saturated rings. The van der Waals surface area contributed by atoms with Crippen molar-refractivity contribution in [2.75, 3.05) is 0 Å². The lowest BCUT2D eigenvalue weighted by molar-refractivity contribution is -0.142. The number of benzene rings is 2. The first-order valence-corrected chi connectivity index (χ1v) is 12.7. The number of amides is 4. The fourth-order valence-corrected chi connectivity index (χ4v) is 3.87. The van der Waals surface area contributed by atoms with Crippen LogP contribution in [0.15, 0.2) is 60.7 Å². The van der Waals surface area contributed by atoms with Gasteiger partial charge in [0.25, 0.3) is 0 Å². The van der Waals surface area contributed by atoms with E-state index in [1.165, 1.54) is 0 Å². The lowest BCUT2D eigenvalue weighted by atomic mass is 9.99. The second kappa shape index (κ2) is 15.2. The Balaban J connectivity index is 2.20. The zero-order chi connectivity index (χ0) is 28.9. The highest BCUT2D eigenvalue weighted by Crippen LogP contribution is 2.09. The Kier molecular flexibility index (Phi) is 12.1. The van der Waals surface area contributed by atoms with Gasteiger partial charge in [-0.2, -0.15) is 0 Å². The maximum Gasteiger partial charge on any atom is 0.326 e. The zero-order valence-electron chi connectivity index (χ0n) is 22.1. The summed E-state index contributed by atoms with van der Waals surface area (Å²) in [5.74, 6) is -4.13. The number of carboxylic acids is 1. The molecule has 0 aliphatic rings. The van der Waals surface area contributed by atoms with Crippen LogP contribution in [0.4, 0.5) is 0 Å². The number of rotatable bonds is 15. The normalized spacial score (nSPS) is 13.9. The van der Waals surface area contributed by atoms with Crippen molar-refractivity contribution >= 4 is 29.6 Å². The van der Waals surface area contributed by atoms with Gasteiger partial charge in [-0.25, -0.2) is 4.79 Å². The molecule has 2 aromatic carbocycles. The smallest absolute Gasteiger partial charge is 0.326 e. The highest BCUT2D eigenvalue weighted by molar-refractivity contribution is 5.94. The van der Waals surface area contributed by atoms with Crippen LogP contribution in [0, 0.1) is 5.92 Å². The molecule has 0 heterocycles. The van der Waals surface area contributed by atoms with Crippen molar-refractivity contribution in [3.05, 3.63) is 71.8 Å². The van der Waals surface area contributed by atoms with Gasteiger partial charge in [0.15, 0.2) is 0 Å². The molecule has 11 heteroatoms. The molecule has 2 aromatic rings. The molecule has 210 valence electrons. The Morgan fingerprint density at radius 3 is 1.69 bits per heavy atom. The molecule has 11 nitrogen and oxygen atoms in total. The molecule has 0 saturated carbocycles. The van der Waals surface area contributed by atoms with Gasteiger partial charge in [-0.3, -0.25) is 19.2 Å². The minimum atomic E-state index is -1.22. The molecule has 0 aromatic heterocycles. The van der Waals surface area contributed by atoms with Crippen molar-refractivity contribution in [1.82, 2.24) is 16.0 Å². The molecule has 4 unspecified atom stereocenters. The van der Waals surface area contributed by atoms with Crippen molar-refractivity contribution < 1.29 is 29.1 Å². The summed E-state index contributed by atoms with van der Waals surface area (Å²) in [4.78, 5) is 62.1. The van der Waals surface area contributed by atoms with E-state index < -0.39 is 53.8 Å². The lowest BCUT2D eigenvalue weighted by Crippen LogP contribution is -2.59. The fraction of sp³-hybridized carbons (Fsp3) is 0.393. The number of aliphatic carboxylic acids is 1. The molecule has 0 bridgehead atoms. The van der Waals surface area contributed by atoms with Crippen LogP contribution in [-0.2, 0) is 36.8 Å². The average Bonchev–Trinajstić information content (AvgIpc) is 2.90. The fourth-order valence-electron chi connectivity index (χ4n) is 3.87. The number of carboxylic acid groups (broad SMARTS) is 1. The van der Waals surface area contributed by atoms with Crippen molar-refractivity contribution in [1.29, 1.82) is 0 Å². The summed E-state index contributed by atoms with van der Waals surface area (Å²) in [6.07, 6.45) is 0.0829. The Bertz CT molecular complexity index is 1130. The number of nitrogens with two attached hydrogens (primary N) is 2. The average molecular weight is 540 g/mol. The van der Waals surface area contributed by atoms with Crippen molar-refractivity contribution in [2.24, 2.45) is 17.4 Å². The quantitative estimate of drug-likeness (QED) is 0.187. The molecule has 0 aliphatic heterocycles. The third-order valence-electron chi connectivity index (χ3n) is 6.10. The summed E-state index contributed by atoms with van der Waals surface area (Å²) in [6.45, 7) is 3.43. The van der Waals surface area contributed by atoms with Gasteiger partial charge in [0.2, 0.25) is 23.6 Å². The van der Waals surface area contributed by atoms with Crippen LogP contribution in [-0.4, -0.2) is 58.9 Å². The van der Waals surface area contributed by atoms with E-state index in [9.17, 15) is 29.1 Å². The van der Waals surface area contributed by atoms with E-state index >= 15 is 0 Å². The van der Waals surface area contributed by atoms with Crippen molar-refractivity contribution in [3.63, 3.8) is 0 Å². The molecule has 39 heavy (non-hydrogen) atoms. The van der Waals surface area contributed by atoms with E-state index in [0.29, 0.717) is 0 Å². The molecule has 4 atom stereocenters. The van der Waals surface area contributed by atoms with Crippen LogP contribution >= 0.6 is 0 Å². The minimum Gasteiger partial charge on any atom is -0.480 e. The number of carbonyl (C=O) groups excluding carboxylic acids is 4. The zero-order valence-corrected chi connectivity index (χ0v) is 22.1. The first kappa shape index (κ1) is 31.0. The SMILES string of the molecule is CC(C)C(NC(=O)C(N)CCC(N)=O)C(=O)NC(Cc1ccccc1)C(=O)NC(Cc1ccccc1)C(=O)O. The molecular formula is C28H37N5O6. The van der Waals surface area contributed by atoms with Gasteiger partial charge in [-0.1, -0.05) is 74.5 Å². The molecular weight excluding hydrogens is 502 g/mol. The topological polar surface area (TPSA) is 194 Å². The summed E-state index contributed by atoms with van der Waals surface area (Å²) in [5, 5.41) is 17.5. The molecule has 0 spiro atoms. The standard InChI is InChI=1S/C28H37N5O6/c1-17(2)24(33-25(35)20(29)13-14-23(30)34)27(37)31-21(15-18-9-5-3-6-10-18)26(36)32-22(28(38)39)16-19-11-7-4-8-12-19/h3-12,17,20-22,24H,13-16,29H2,1-2H3,(H2,30,34)(H,31,37)(H,32,36)(H,33,35)(H,38,39). The highest BCUT2D eigenvalue weighted by atomic mass is 16.4. The van der Waals surface area contributed by atoms with E-state index in [0.717, 1.165) is 11.1 Å². The third kappa shape index (κ3) is 10.6. The lowest BCUT2D eigenvalue weighted by Gasteiger charge is -2.27. The molecule has 0 saturated heterocycles. The van der Waals surface area contributed by atoms with E-state index in [-0.39, 0.29) is 31.6 Å². The maximum absolute atomic E-state index is 13.3. The molecule has 8 N–H and O–H groups in total. The van der Waals surface area contributed by atoms with Crippen molar-refractivity contribution in [3.8, 4) is 0 Å². The number of hydrogen-bond acceptors (Lipinski definition) is 6. The van der Waals surface area contributed by atoms with Gasteiger partial charge < -0.3 is 32.5 Å². The van der Waals surface area contributed by atoms with E-state index in [1.807, 2.05) is 6.07 Å². The van der Waals surface area contributed by atoms with Gasteiger partial charge in [0.1, 0.15) is 18.1 Å². The molecule has 4 amide bonds. The van der Waals surface area contributed by atoms with Crippen LogP contribution in [0.25, 0.3) is 0 Å². The van der Waals surface area contributed by atoms with Crippen molar-refractivity contribution in [2.45, 2.75) is 63.7 Å². The van der Waals surface area contributed by atoms with Crippen LogP contribution in [0.5, 0.6) is 0 Å². The summed E-state index contributed by atoms with van der Waals surface area (Å²) < 4.78 is 0. The Labute approximate surface area is 227 Å². The monoisotopic (exact) mass is 539 g/mol. The Hall–Kier alpha value is -4.25. The number of hydrogen-bond donors (Lipinski definition) is 6. The highest BCUT2D eigenvalue weighted by Gasteiger charge is 2.32. The summed E-state index contributed by atoms with van der Waals surface area (Å²) in [7, 11) is 0. The van der Waals surface area contributed by atoms with Gasteiger partial charge >= 0.3 is 5.97 Å². The Morgan fingerprint density at radius 1 is 0.744 bits per heavy atom. The predicted octanol–water partition coefficient (Wildman–Crippen LogP) is 0.260. The number of carbonyl (C=O) groups is 5. The van der Waals surface area contributed by atoms with E-state index in [1.54, 1.807) is 68.4 Å². The van der Waals surface area contributed by atoms with Gasteiger partial charge in [-0.05, 0) is 23.5 Å². The summed E-state index contributed by atoms with van der Waals surface area (Å²) in [5.41, 5.74) is 12.4. The predicted molar refractivity (Wildman–Crippen MR) is 145 cm³/mol. The van der Waals surface area contributed by atoms with Gasteiger partial charge in [0, 0.05) is 19.3 Å². The minimum absolute atomic E-state index is 0.0185. The van der Waals surface area contributed by atoms with Crippen LogP contribution in [0.1, 0.15) is 37.8 Å². The molecule has 0 radical (unpaired) electrons. The molecule has 2 rings (SSSR count). The summed E-state index contributed by atoms with van der Waals surface area (Å²) in [6, 6.07) is 13.4. The van der Waals surface area contributed by atoms with Crippen LogP contribution in [0.3, 0.4) is 0 Å². The number of primary amides is 1. The maximum atomic E-state index is 13.3. The van der Waals surface area contributed by atoms with Gasteiger partial charge in [-0.15, -0.1) is 0 Å². The number of nitrogens with one attached hydrogen (secondary N) is 3. The molecule has 0 aliphatic carbocycles.